The molecule has 0 spiro atoms. The van der Waals surface area contributed by atoms with Gasteiger partial charge in [-0.25, -0.2) is 0 Å². The maximum absolute atomic E-state index is 15.1. The third-order valence-electron chi connectivity index (χ3n) is 12.9. The van der Waals surface area contributed by atoms with Crippen molar-refractivity contribution in [1.29, 1.82) is 5.26 Å². The lowest BCUT2D eigenvalue weighted by molar-refractivity contribution is -0.138. The number of rotatable bonds is 4. The van der Waals surface area contributed by atoms with Crippen molar-refractivity contribution in [3.63, 3.8) is 0 Å². The summed E-state index contributed by atoms with van der Waals surface area (Å²) in [6.45, 7) is 5.25. The van der Waals surface area contributed by atoms with Crippen molar-refractivity contribution in [1.82, 2.24) is 23.5 Å². The van der Waals surface area contributed by atoms with E-state index in [2.05, 4.69) is 31.2 Å². The van der Waals surface area contributed by atoms with Crippen LogP contribution in [-0.4, -0.2) is 59.1 Å². The predicted molar refractivity (Wildman–Crippen MR) is 225 cm³/mol. The highest BCUT2D eigenvalue weighted by atomic mass is 16.5. The van der Waals surface area contributed by atoms with Crippen molar-refractivity contribution in [2.24, 2.45) is 14.1 Å². The van der Waals surface area contributed by atoms with Gasteiger partial charge in [0, 0.05) is 74.1 Å². The Balaban J connectivity index is 1.13. The second kappa shape index (κ2) is 13.5. The van der Waals surface area contributed by atoms with Gasteiger partial charge in [0.05, 0.1) is 22.1 Å². The van der Waals surface area contributed by atoms with E-state index in [1.54, 1.807) is 40.4 Å². The van der Waals surface area contributed by atoms with Gasteiger partial charge in [-0.1, -0.05) is 42.5 Å². The molecule has 294 valence electrons. The first-order valence-electron chi connectivity index (χ1n) is 20.0. The van der Waals surface area contributed by atoms with E-state index >= 15 is 4.79 Å². The number of phenolic OH excluding ortho intramolecular Hbond substituents is 1. The Bertz CT molecular complexity index is 3030. The third-order valence-corrected chi connectivity index (χ3v) is 12.9. The summed E-state index contributed by atoms with van der Waals surface area (Å²) in [6, 6.07) is 30.7. The van der Waals surface area contributed by atoms with Gasteiger partial charge < -0.3 is 28.8 Å². The van der Waals surface area contributed by atoms with Crippen LogP contribution in [0.4, 0.5) is 0 Å². The van der Waals surface area contributed by atoms with Gasteiger partial charge in [-0.15, -0.1) is 0 Å². The zero-order chi connectivity index (χ0) is 40.9. The highest BCUT2D eigenvalue weighted by molar-refractivity contribution is 6.09. The van der Waals surface area contributed by atoms with Crippen LogP contribution in [0.3, 0.4) is 0 Å². The number of aryl methyl sites for hydroxylation is 1. The number of para-hydroxylation sites is 1. The number of carbonyl (C=O) groups excluding carboxylic acids is 2. The van der Waals surface area contributed by atoms with E-state index in [0.717, 1.165) is 40.1 Å². The summed E-state index contributed by atoms with van der Waals surface area (Å²) in [5.41, 5.74) is 9.80. The number of hydrogen-bond acceptors (Lipinski definition) is 6. The summed E-state index contributed by atoms with van der Waals surface area (Å²) < 4.78 is 11.4. The Hall–Kier alpha value is -7.06. The van der Waals surface area contributed by atoms with Crippen molar-refractivity contribution in [2.75, 3.05) is 6.54 Å². The largest absolute Gasteiger partial charge is 0.508 e. The van der Waals surface area contributed by atoms with E-state index in [9.17, 15) is 20.0 Å². The number of amides is 2. The molecular weight excluding hydrogens is 741 g/mol. The molecule has 1 unspecified atom stereocenters. The molecule has 1 N–H and O–H groups in total. The van der Waals surface area contributed by atoms with Gasteiger partial charge in [-0.3, -0.25) is 19.0 Å². The summed E-state index contributed by atoms with van der Waals surface area (Å²) in [5, 5.41) is 21.7. The lowest BCUT2D eigenvalue weighted by Gasteiger charge is -2.36. The first kappa shape index (κ1) is 36.3. The van der Waals surface area contributed by atoms with Crippen LogP contribution in [0.1, 0.15) is 56.5 Å². The molecule has 4 aromatic carbocycles. The molecule has 3 aliphatic heterocycles. The molecule has 2 amide bonds. The van der Waals surface area contributed by atoms with Gasteiger partial charge in [0.2, 0.25) is 0 Å². The molecule has 6 heterocycles. The predicted octanol–water partition coefficient (Wildman–Crippen LogP) is 6.85. The summed E-state index contributed by atoms with van der Waals surface area (Å²) in [6.07, 6.45) is 1.24. The molecule has 11 nitrogen and oxygen atoms in total. The van der Waals surface area contributed by atoms with Crippen LogP contribution in [0.25, 0.3) is 38.8 Å². The number of aromatic hydroxyl groups is 1. The van der Waals surface area contributed by atoms with Crippen molar-refractivity contribution in [3.8, 4) is 34.5 Å². The van der Waals surface area contributed by atoms with Crippen LogP contribution in [0.5, 0.6) is 11.5 Å². The topological polar surface area (TPSA) is 126 Å². The minimum Gasteiger partial charge on any atom is -0.508 e. The Labute approximate surface area is 340 Å². The Kier molecular flexibility index (Phi) is 8.32. The standard InChI is InChI=1S/C48H42N6O5/c1-27-17-29-9-5-6-11-32(29)26-53(27)46(56)37-19-33-25-52(48(58)44-20-31-10-7-8-12-43(31)59-44)16-15-30(33)18-36(37)42-23-39-45(51(42)4)38-22-35(55)13-14-40(38)54(47(39)57)41-21-34(24-49)50(3)28(41)2/h5-14,18-19,21-23,27,44,55H,15-17,20,25-26H2,1-4H3/t27-,44?/m1/s1. The van der Waals surface area contributed by atoms with Crippen LogP contribution < -0.4 is 10.3 Å². The van der Waals surface area contributed by atoms with Gasteiger partial charge in [-0.2, -0.15) is 5.26 Å². The number of carbonyl (C=O) groups is 2. The number of pyridine rings is 1. The summed E-state index contributed by atoms with van der Waals surface area (Å²) in [5.74, 6) is 0.593. The zero-order valence-corrected chi connectivity index (χ0v) is 33.3. The molecule has 7 aromatic rings. The second-order valence-corrected chi connectivity index (χ2v) is 16.2. The van der Waals surface area contributed by atoms with Crippen LogP contribution in [-0.2, 0) is 51.2 Å². The van der Waals surface area contributed by atoms with Crippen molar-refractivity contribution in [3.05, 3.63) is 146 Å². The smallest absolute Gasteiger partial charge is 0.265 e. The quantitative estimate of drug-likeness (QED) is 0.208. The van der Waals surface area contributed by atoms with E-state index in [1.807, 2.05) is 76.9 Å². The lowest BCUT2D eigenvalue weighted by atomic mass is 9.89. The molecule has 10 rings (SSSR count). The number of nitrogens with zero attached hydrogens (tertiary/aromatic N) is 6. The fourth-order valence-corrected chi connectivity index (χ4v) is 9.56. The number of nitriles is 1. The van der Waals surface area contributed by atoms with Crippen molar-refractivity contribution < 1.29 is 19.4 Å². The molecule has 0 saturated carbocycles. The molecule has 3 aliphatic rings. The van der Waals surface area contributed by atoms with Gasteiger partial charge in [0.15, 0.2) is 6.10 Å². The number of aromatic nitrogens is 3. The fourth-order valence-electron chi connectivity index (χ4n) is 9.56. The maximum Gasteiger partial charge on any atom is 0.265 e. The first-order chi connectivity index (χ1) is 28.5. The van der Waals surface area contributed by atoms with Crippen molar-refractivity contribution in [2.45, 2.75) is 58.3 Å². The number of phenols is 1. The van der Waals surface area contributed by atoms with E-state index in [0.29, 0.717) is 82.5 Å². The monoisotopic (exact) mass is 782 g/mol. The number of benzene rings is 4. The molecule has 0 aliphatic carbocycles. The van der Waals surface area contributed by atoms with E-state index < -0.39 is 6.10 Å². The molecule has 0 saturated heterocycles. The summed E-state index contributed by atoms with van der Waals surface area (Å²) in [7, 11) is 3.68. The first-order valence-corrected chi connectivity index (χ1v) is 20.0. The van der Waals surface area contributed by atoms with E-state index in [-0.39, 0.29) is 29.2 Å². The van der Waals surface area contributed by atoms with Crippen LogP contribution in [0.2, 0.25) is 0 Å². The van der Waals surface area contributed by atoms with Crippen LogP contribution >= 0.6 is 0 Å². The van der Waals surface area contributed by atoms with Crippen molar-refractivity contribution >= 4 is 33.6 Å². The van der Waals surface area contributed by atoms with E-state index in [4.69, 9.17) is 4.74 Å². The number of hydrogen-bond donors (Lipinski definition) is 1. The summed E-state index contributed by atoms with van der Waals surface area (Å²) in [4.78, 5) is 47.6. The van der Waals surface area contributed by atoms with Gasteiger partial charge >= 0.3 is 0 Å². The molecule has 11 heteroatoms. The molecule has 2 atom stereocenters. The number of ether oxygens (including phenoxy) is 1. The third kappa shape index (κ3) is 5.65. The van der Waals surface area contributed by atoms with Gasteiger partial charge in [0.25, 0.3) is 17.4 Å². The molecule has 0 bridgehead atoms. The summed E-state index contributed by atoms with van der Waals surface area (Å²) >= 11 is 0. The average molecular weight is 783 g/mol. The molecule has 3 aromatic heterocycles. The van der Waals surface area contributed by atoms with Crippen LogP contribution in [0.15, 0.2) is 95.8 Å². The molecule has 59 heavy (non-hydrogen) atoms. The minimum atomic E-state index is -0.594. The Morgan fingerprint density at radius 3 is 2.36 bits per heavy atom. The van der Waals surface area contributed by atoms with E-state index in [1.165, 1.54) is 5.56 Å². The Morgan fingerprint density at radius 2 is 1.59 bits per heavy atom. The Morgan fingerprint density at radius 1 is 0.831 bits per heavy atom. The highest BCUT2D eigenvalue weighted by Crippen LogP contribution is 2.39. The van der Waals surface area contributed by atoms with Gasteiger partial charge in [0.1, 0.15) is 23.3 Å². The SMILES string of the molecule is Cc1c(-n2c(=O)c3cc(-c4cc5c(cc4C(=O)N4Cc6ccccc6C[C@H]4C)CN(C(=O)C4Cc6ccccc6O4)CC5)n(C)c3c3cc(O)ccc32)cc(C#N)n1C. The molecule has 0 radical (unpaired) electrons. The highest BCUT2D eigenvalue weighted by Gasteiger charge is 2.36. The molecular formula is C48H42N6O5. The van der Waals surface area contributed by atoms with Gasteiger partial charge in [-0.05, 0) is 103 Å². The number of fused-ring (bicyclic) bond motifs is 6. The second-order valence-electron chi connectivity index (χ2n) is 16.2. The normalized spacial score (nSPS) is 17.1. The minimum absolute atomic E-state index is 0.0456. The molecule has 0 fully saturated rings. The van der Waals surface area contributed by atoms with Crippen LogP contribution in [0, 0.1) is 18.3 Å². The fraction of sp³-hybridized carbons (Fsp3) is 0.250. The maximum atomic E-state index is 15.1. The zero-order valence-electron chi connectivity index (χ0n) is 33.3. The average Bonchev–Trinajstić information content (AvgIpc) is 3.92. The lowest BCUT2D eigenvalue weighted by Crippen LogP contribution is -2.44.